The molecule has 0 spiro atoms. The first-order chi connectivity index (χ1) is 11.7. The zero-order chi connectivity index (χ0) is 17.2. The van der Waals surface area contributed by atoms with Gasteiger partial charge in [-0.15, -0.1) is 0 Å². The molecule has 2 N–H and O–H groups in total. The Balaban J connectivity index is 1.97. The van der Waals surface area contributed by atoms with E-state index in [1.54, 1.807) is 7.11 Å². The normalized spacial score (nSPS) is 14.1. The molecule has 0 aromatic carbocycles. The third-order valence-electron chi connectivity index (χ3n) is 3.95. The number of methoxy groups -OCH3 is 1. The summed E-state index contributed by atoms with van der Waals surface area (Å²) in [6, 6.07) is 0. The van der Waals surface area contributed by atoms with Gasteiger partial charge in [-0.2, -0.15) is 0 Å². The molecule has 0 saturated heterocycles. The number of nitrogens with one attached hydrogen (secondary N) is 2. The van der Waals surface area contributed by atoms with Gasteiger partial charge in [-0.05, 0) is 38.5 Å². The number of nitro groups is 1. The Kier molecular flexibility index (Phi) is 7.41. The SMILES string of the molecule is COCCCNc1ncnc(NCCC2=CCCCC2)c1[N+](=O)[O-]. The highest BCUT2D eigenvalue weighted by Crippen LogP contribution is 2.29. The van der Waals surface area contributed by atoms with Crippen molar-refractivity contribution in [2.75, 3.05) is 37.4 Å². The van der Waals surface area contributed by atoms with Crippen molar-refractivity contribution in [2.24, 2.45) is 0 Å². The molecule has 8 heteroatoms. The molecular formula is C16H25N5O3. The van der Waals surface area contributed by atoms with Gasteiger partial charge < -0.3 is 15.4 Å². The fourth-order valence-electron chi connectivity index (χ4n) is 2.71. The van der Waals surface area contributed by atoms with Crippen LogP contribution in [0.2, 0.25) is 0 Å². The number of nitrogens with zero attached hydrogens (tertiary/aromatic N) is 3. The largest absolute Gasteiger partial charge is 0.385 e. The average molecular weight is 335 g/mol. The topological polar surface area (TPSA) is 102 Å². The third kappa shape index (κ3) is 5.45. The van der Waals surface area contributed by atoms with E-state index in [0.717, 1.165) is 25.7 Å². The zero-order valence-corrected chi connectivity index (χ0v) is 14.1. The Morgan fingerprint density at radius 3 is 2.62 bits per heavy atom. The van der Waals surface area contributed by atoms with E-state index in [9.17, 15) is 10.1 Å². The number of hydrogen-bond acceptors (Lipinski definition) is 7. The number of allylic oxidation sites excluding steroid dienone is 1. The highest BCUT2D eigenvalue weighted by atomic mass is 16.6. The molecule has 0 unspecified atom stereocenters. The van der Waals surface area contributed by atoms with Gasteiger partial charge in [-0.3, -0.25) is 10.1 Å². The smallest absolute Gasteiger partial charge is 0.353 e. The van der Waals surface area contributed by atoms with Crippen molar-refractivity contribution in [3.63, 3.8) is 0 Å². The van der Waals surface area contributed by atoms with Crippen LogP contribution >= 0.6 is 0 Å². The molecule has 0 atom stereocenters. The van der Waals surface area contributed by atoms with Gasteiger partial charge >= 0.3 is 5.69 Å². The standard InChI is InChI=1S/C16H25N5O3/c1-24-11-5-9-17-15-14(21(22)23)16(20-12-19-15)18-10-8-13-6-3-2-4-7-13/h6,12H,2-5,7-11H2,1H3,(H2,17,18,19,20). The number of hydrogen-bond donors (Lipinski definition) is 2. The number of aromatic nitrogens is 2. The first kappa shape index (κ1) is 18.1. The van der Waals surface area contributed by atoms with E-state index in [0.29, 0.717) is 19.7 Å². The maximum atomic E-state index is 11.4. The fourth-order valence-corrected chi connectivity index (χ4v) is 2.71. The van der Waals surface area contributed by atoms with Crippen molar-refractivity contribution in [3.8, 4) is 0 Å². The van der Waals surface area contributed by atoms with Gasteiger partial charge in [0.25, 0.3) is 0 Å². The molecule has 1 aromatic rings. The lowest BCUT2D eigenvalue weighted by molar-refractivity contribution is -0.383. The molecule has 132 valence electrons. The maximum Gasteiger partial charge on any atom is 0.353 e. The summed E-state index contributed by atoms with van der Waals surface area (Å²) in [5.74, 6) is 0.506. The van der Waals surface area contributed by atoms with E-state index in [2.05, 4.69) is 26.7 Å². The Labute approximate surface area is 141 Å². The van der Waals surface area contributed by atoms with Crippen molar-refractivity contribution >= 4 is 17.3 Å². The summed E-state index contributed by atoms with van der Waals surface area (Å²) in [5, 5.41) is 17.5. The Morgan fingerprint density at radius 2 is 2.00 bits per heavy atom. The van der Waals surface area contributed by atoms with Crippen LogP contribution in [0.15, 0.2) is 18.0 Å². The Morgan fingerprint density at radius 1 is 1.25 bits per heavy atom. The molecular weight excluding hydrogens is 310 g/mol. The van der Waals surface area contributed by atoms with Gasteiger partial charge in [-0.25, -0.2) is 9.97 Å². The van der Waals surface area contributed by atoms with Gasteiger partial charge in [0.2, 0.25) is 11.6 Å². The lowest BCUT2D eigenvalue weighted by Crippen LogP contribution is -2.12. The van der Waals surface area contributed by atoms with E-state index in [1.807, 2.05) is 0 Å². The van der Waals surface area contributed by atoms with Crippen LogP contribution in [0.25, 0.3) is 0 Å². The lowest BCUT2D eigenvalue weighted by Gasteiger charge is -2.13. The summed E-state index contributed by atoms with van der Waals surface area (Å²) in [5.41, 5.74) is 1.32. The van der Waals surface area contributed by atoms with Crippen molar-refractivity contribution in [1.82, 2.24) is 9.97 Å². The molecule has 1 heterocycles. The molecule has 2 rings (SSSR count). The van der Waals surface area contributed by atoms with Crippen molar-refractivity contribution in [3.05, 3.63) is 28.1 Å². The third-order valence-corrected chi connectivity index (χ3v) is 3.95. The first-order valence-corrected chi connectivity index (χ1v) is 8.36. The van der Waals surface area contributed by atoms with Gasteiger partial charge in [0.1, 0.15) is 6.33 Å². The van der Waals surface area contributed by atoms with E-state index in [4.69, 9.17) is 4.74 Å². The van der Waals surface area contributed by atoms with Crippen LogP contribution < -0.4 is 10.6 Å². The quantitative estimate of drug-likeness (QED) is 0.293. The van der Waals surface area contributed by atoms with E-state index in [1.165, 1.54) is 24.7 Å². The Bertz CT molecular complexity index is 577. The van der Waals surface area contributed by atoms with Crippen LogP contribution in [-0.2, 0) is 4.74 Å². The molecule has 0 bridgehead atoms. The second kappa shape index (κ2) is 9.82. The molecule has 0 aliphatic heterocycles. The van der Waals surface area contributed by atoms with E-state index >= 15 is 0 Å². The van der Waals surface area contributed by atoms with Crippen molar-refractivity contribution in [2.45, 2.75) is 38.5 Å². The molecule has 0 amide bonds. The molecule has 8 nitrogen and oxygen atoms in total. The second-order valence-electron chi connectivity index (χ2n) is 5.73. The average Bonchev–Trinajstić information content (AvgIpc) is 2.59. The molecule has 0 fully saturated rings. The monoisotopic (exact) mass is 335 g/mol. The van der Waals surface area contributed by atoms with Crippen LogP contribution in [-0.4, -0.2) is 41.7 Å². The minimum absolute atomic E-state index is 0.104. The highest BCUT2D eigenvalue weighted by molar-refractivity contribution is 5.69. The molecule has 24 heavy (non-hydrogen) atoms. The van der Waals surface area contributed by atoms with Crippen molar-refractivity contribution < 1.29 is 9.66 Å². The number of anilines is 2. The summed E-state index contributed by atoms with van der Waals surface area (Å²) in [6.07, 6.45) is 10.0. The van der Waals surface area contributed by atoms with E-state index in [-0.39, 0.29) is 17.3 Å². The Hall–Kier alpha value is -2.22. The summed E-state index contributed by atoms with van der Waals surface area (Å²) < 4.78 is 4.97. The van der Waals surface area contributed by atoms with Crippen LogP contribution in [0, 0.1) is 10.1 Å². The van der Waals surface area contributed by atoms with Crippen LogP contribution in [0.4, 0.5) is 17.3 Å². The fraction of sp³-hybridized carbons (Fsp3) is 0.625. The summed E-state index contributed by atoms with van der Waals surface area (Å²) in [6.45, 7) is 1.77. The predicted octanol–water partition coefficient (Wildman–Crippen LogP) is 3.14. The van der Waals surface area contributed by atoms with E-state index < -0.39 is 4.92 Å². The van der Waals surface area contributed by atoms with Gasteiger partial charge in [0, 0.05) is 26.8 Å². The van der Waals surface area contributed by atoms with Crippen LogP contribution in [0.1, 0.15) is 38.5 Å². The second-order valence-corrected chi connectivity index (χ2v) is 5.73. The van der Waals surface area contributed by atoms with Gasteiger partial charge in [0.15, 0.2) is 0 Å². The molecule has 0 saturated carbocycles. The summed E-state index contributed by atoms with van der Waals surface area (Å²) in [4.78, 5) is 19.0. The number of rotatable bonds is 10. The molecule has 1 aliphatic rings. The zero-order valence-electron chi connectivity index (χ0n) is 14.1. The highest BCUT2D eigenvalue weighted by Gasteiger charge is 2.22. The molecule has 1 aromatic heterocycles. The lowest BCUT2D eigenvalue weighted by atomic mass is 9.97. The van der Waals surface area contributed by atoms with Gasteiger partial charge in [-0.1, -0.05) is 11.6 Å². The maximum absolute atomic E-state index is 11.4. The van der Waals surface area contributed by atoms with Gasteiger partial charge in [0.05, 0.1) is 4.92 Å². The summed E-state index contributed by atoms with van der Waals surface area (Å²) >= 11 is 0. The van der Waals surface area contributed by atoms with Crippen molar-refractivity contribution in [1.29, 1.82) is 0 Å². The molecule has 1 aliphatic carbocycles. The molecule has 0 radical (unpaired) electrons. The van der Waals surface area contributed by atoms with Crippen LogP contribution in [0.5, 0.6) is 0 Å². The minimum Gasteiger partial charge on any atom is -0.385 e. The first-order valence-electron chi connectivity index (χ1n) is 8.36. The number of ether oxygens (including phenoxy) is 1. The minimum atomic E-state index is -0.444. The van der Waals surface area contributed by atoms with Crippen LogP contribution in [0.3, 0.4) is 0 Å². The predicted molar refractivity (Wildman–Crippen MR) is 93.3 cm³/mol. The summed E-state index contributed by atoms with van der Waals surface area (Å²) in [7, 11) is 1.62.